The molecule has 4 rings (SSSR count). The molecule has 26 heavy (non-hydrogen) atoms. The highest BCUT2D eigenvalue weighted by Gasteiger charge is 2.27. The second-order valence-corrected chi connectivity index (χ2v) is 8.55. The molecule has 0 saturated carbocycles. The highest BCUT2D eigenvalue weighted by Crippen LogP contribution is 2.33. The fourth-order valence-corrected chi connectivity index (χ4v) is 5.10. The number of hydrogen-bond acceptors (Lipinski definition) is 4. The number of sulfonamides is 1. The molecule has 1 aliphatic rings. The summed E-state index contributed by atoms with van der Waals surface area (Å²) in [5.74, 6) is 0. The maximum absolute atomic E-state index is 13.1. The molecule has 0 bridgehead atoms. The highest BCUT2D eigenvalue weighted by molar-refractivity contribution is 7.89. The van der Waals surface area contributed by atoms with Crippen LogP contribution in [0.2, 0.25) is 0 Å². The Morgan fingerprint density at radius 2 is 2.04 bits per heavy atom. The standard InChI is InChI=1S/C20H21N3O2S/c1-13-10-15-5-3-7-19(20(15)22-12-13)26(24,25)23-18-6-2-4-14-11-16(21)8-9-17(14)18/h3,5,7-12,18,23H,2,4,6,21H2,1H3. The molecule has 1 unspecified atom stereocenters. The molecule has 6 heteroatoms. The van der Waals surface area contributed by atoms with Gasteiger partial charge in [-0.3, -0.25) is 4.98 Å². The van der Waals surface area contributed by atoms with Gasteiger partial charge in [-0.1, -0.05) is 18.2 Å². The van der Waals surface area contributed by atoms with Gasteiger partial charge in [-0.15, -0.1) is 0 Å². The van der Waals surface area contributed by atoms with Gasteiger partial charge >= 0.3 is 0 Å². The molecule has 0 saturated heterocycles. The molecule has 1 aromatic heterocycles. The summed E-state index contributed by atoms with van der Waals surface area (Å²) >= 11 is 0. The minimum atomic E-state index is -3.70. The van der Waals surface area contributed by atoms with E-state index in [9.17, 15) is 8.42 Å². The van der Waals surface area contributed by atoms with E-state index in [0.717, 1.165) is 41.3 Å². The third kappa shape index (κ3) is 3.06. The van der Waals surface area contributed by atoms with Crippen molar-refractivity contribution in [2.45, 2.75) is 37.1 Å². The molecular formula is C20H21N3O2S. The van der Waals surface area contributed by atoms with Crippen LogP contribution in [-0.2, 0) is 16.4 Å². The van der Waals surface area contributed by atoms with Gasteiger partial charge in [0.25, 0.3) is 0 Å². The quantitative estimate of drug-likeness (QED) is 0.694. The monoisotopic (exact) mass is 367 g/mol. The van der Waals surface area contributed by atoms with Crippen molar-refractivity contribution in [1.82, 2.24) is 9.71 Å². The Labute approximate surface area is 153 Å². The SMILES string of the molecule is Cc1cnc2c(S(=O)(=O)NC3CCCc4cc(N)ccc43)cccc2c1. The first kappa shape index (κ1) is 17.0. The zero-order valence-corrected chi connectivity index (χ0v) is 15.4. The third-order valence-electron chi connectivity index (χ3n) is 4.88. The van der Waals surface area contributed by atoms with Crippen molar-refractivity contribution in [3.63, 3.8) is 0 Å². The van der Waals surface area contributed by atoms with E-state index in [1.54, 1.807) is 18.3 Å². The van der Waals surface area contributed by atoms with Gasteiger partial charge in [0.2, 0.25) is 10.0 Å². The Morgan fingerprint density at radius 3 is 2.88 bits per heavy atom. The number of aryl methyl sites for hydroxylation is 2. The molecular weight excluding hydrogens is 346 g/mol. The zero-order chi connectivity index (χ0) is 18.3. The predicted molar refractivity (Wildman–Crippen MR) is 103 cm³/mol. The van der Waals surface area contributed by atoms with Crippen LogP contribution >= 0.6 is 0 Å². The minimum absolute atomic E-state index is 0.220. The first-order chi connectivity index (χ1) is 12.4. The molecule has 0 radical (unpaired) electrons. The molecule has 1 heterocycles. The maximum atomic E-state index is 13.1. The van der Waals surface area contributed by atoms with Gasteiger partial charge in [-0.25, -0.2) is 13.1 Å². The molecule has 0 amide bonds. The molecule has 3 N–H and O–H groups in total. The van der Waals surface area contributed by atoms with Gasteiger partial charge in [-0.05, 0) is 67.1 Å². The van der Waals surface area contributed by atoms with Gasteiger partial charge in [-0.2, -0.15) is 0 Å². The molecule has 1 atom stereocenters. The smallest absolute Gasteiger partial charge is 0.243 e. The van der Waals surface area contributed by atoms with Gasteiger partial charge in [0.15, 0.2) is 0 Å². The Bertz CT molecular complexity index is 1090. The van der Waals surface area contributed by atoms with Crippen LogP contribution in [0.1, 0.15) is 35.6 Å². The number of hydrogen-bond donors (Lipinski definition) is 2. The van der Waals surface area contributed by atoms with Crippen LogP contribution in [0.5, 0.6) is 0 Å². The first-order valence-corrected chi connectivity index (χ1v) is 10.2. The van der Waals surface area contributed by atoms with E-state index in [2.05, 4.69) is 9.71 Å². The zero-order valence-electron chi connectivity index (χ0n) is 14.6. The van der Waals surface area contributed by atoms with Crippen LogP contribution in [0.3, 0.4) is 0 Å². The van der Waals surface area contributed by atoms with Crippen molar-refractivity contribution in [2.75, 3.05) is 5.73 Å². The maximum Gasteiger partial charge on any atom is 0.243 e. The largest absolute Gasteiger partial charge is 0.399 e. The number of para-hydroxylation sites is 1. The molecule has 0 fully saturated rings. The summed E-state index contributed by atoms with van der Waals surface area (Å²) in [6, 6.07) is 12.7. The van der Waals surface area contributed by atoms with E-state index >= 15 is 0 Å². The molecule has 3 aromatic rings. The fourth-order valence-electron chi connectivity index (χ4n) is 3.67. The number of nitrogens with zero attached hydrogens (tertiary/aromatic N) is 1. The Balaban J connectivity index is 1.74. The lowest BCUT2D eigenvalue weighted by atomic mass is 9.88. The number of anilines is 1. The number of nitrogens with one attached hydrogen (secondary N) is 1. The lowest BCUT2D eigenvalue weighted by molar-refractivity contribution is 0.508. The summed E-state index contributed by atoms with van der Waals surface area (Å²) in [5, 5.41) is 0.824. The summed E-state index contributed by atoms with van der Waals surface area (Å²) in [4.78, 5) is 4.58. The minimum Gasteiger partial charge on any atom is -0.399 e. The van der Waals surface area contributed by atoms with Crippen molar-refractivity contribution in [3.8, 4) is 0 Å². The Kier molecular flexibility index (Phi) is 4.17. The topological polar surface area (TPSA) is 85.1 Å². The summed E-state index contributed by atoms with van der Waals surface area (Å²) in [5.41, 5.74) is 10.2. The second-order valence-electron chi connectivity index (χ2n) is 6.86. The normalized spacial score (nSPS) is 17.2. The van der Waals surface area contributed by atoms with Crippen molar-refractivity contribution < 1.29 is 8.42 Å². The summed E-state index contributed by atoms with van der Waals surface area (Å²) in [6.07, 6.45) is 4.32. The van der Waals surface area contributed by atoms with Gasteiger partial charge in [0, 0.05) is 23.3 Å². The number of aromatic nitrogens is 1. The van der Waals surface area contributed by atoms with E-state index in [4.69, 9.17) is 5.73 Å². The summed E-state index contributed by atoms with van der Waals surface area (Å²) < 4.78 is 29.1. The van der Waals surface area contributed by atoms with Gasteiger partial charge in [0.05, 0.1) is 5.52 Å². The van der Waals surface area contributed by atoms with Crippen molar-refractivity contribution in [2.24, 2.45) is 0 Å². The second kappa shape index (κ2) is 6.37. The number of nitrogens with two attached hydrogens (primary N) is 1. The molecule has 1 aliphatic carbocycles. The molecule has 0 spiro atoms. The number of fused-ring (bicyclic) bond motifs is 2. The molecule has 0 aliphatic heterocycles. The number of benzene rings is 2. The molecule has 5 nitrogen and oxygen atoms in total. The number of nitrogen functional groups attached to an aromatic ring is 1. The van der Waals surface area contributed by atoms with Crippen LogP contribution < -0.4 is 10.5 Å². The lowest BCUT2D eigenvalue weighted by Gasteiger charge is -2.26. The van der Waals surface area contributed by atoms with Crippen LogP contribution in [-0.4, -0.2) is 13.4 Å². The average molecular weight is 367 g/mol. The molecule has 134 valence electrons. The van der Waals surface area contributed by atoms with Crippen LogP contribution in [0.4, 0.5) is 5.69 Å². The Morgan fingerprint density at radius 1 is 1.19 bits per heavy atom. The molecule has 2 aromatic carbocycles. The van der Waals surface area contributed by atoms with Gasteiger partial charge < -0.3 is 5.73 Å². The van der Waals surface area contributed by atoms with Crippen molar-refractivity contribution in [3.05, 3.63) is 65.4 Å². The van der Waals surface area contributed by atoms with Crippen molar-refractivity contribution >= 4 is 26.6 Å². The third-order valence-corrected chi connectivity index (χ3v) is 6.38. The lowest BCUT2D eigenvalue weighted by Crippen LogP contribution is -2.31. The summed E-state index contributed by atoms with van der Waals surface area (Å²) in [7, 11) is -3.70. The van der Waals surface area contributed by atoms with E-state index in [0.29, 0.717) is 11.2 Å². The van der Waals surface area contributed by atoms with E-state index in [-0.39, 0.29) is 10.9 Å². The average Bonchev–Trinajstić information content (AvgIpc) is 2.60. The predicted octanol–water partition coefficient (Wildman–Crippen LogP) is 3.48. The highest BCUT2D eigenvalue weighted by atomic mass is 32.2. The van der Waals surface area contributed by atoms with Crippen molar-refractivity contribution in [1.29, 1.82) is 0 Å². The fraction of sp³-hybridized carbons (Fsp3) is 0.250. The first-order valence-electron chi connectivity index (χ1n) is 8.70. The van der Waals surface area contributed by atoms with Gasteiger partial charge in [0.1, 0.15) is 4.90 Å². The summed E-state index contributed by atoms with van der Waals surface area (Å²) in [6.45, 7) is 1.94. The van der Waals surface area contributed by atoms with E-state index < -0.39 is 10.0 Å². The van der Waals surface area contributed by atoms with E-state index in [1.807, 2.05) is 37.3 Å². The van der Waals surface area contributed by atoms with Crippen LogP contribution in [0, 0.1) is 6.92 Å². The van der Waals surface area contributed by atoms with E-state index in [1.165, 1.54) is 0 Å². The number of pyridine rings is 1. The number of rotatable bonds is 3. The Hall–Kier alpha value is -2.44. The van der Waals surface area contributed by atoms with Crippen LogP contribution in [0.15, 0.2) is 53.6 Å². The van der Waals surface area contributed by atoms with Crippen LogP contribution in [0.25, 0.3) is 10.9 Å².